The van der Waals surface area contributed by atoms with Crippen LogP contribution in [0.4, 0.5) is 43.9 Å². The molecule has 4 heterocycles. The molecule has 586 valence electrons. The summed E-state index contributed by atoms with van der Waals surface area (Å²) >= 11 is 24.0. The second-order valence-corrected chi connectivity index (χ2v) is 25.3. The Hall–Kier alpha value is -6.73. The fourth-order valence-electron chi connectivity index (χ4n) is 9.62. The van der Waals surface area contributed by atoms with Gasteiger partial charge in [0, 0.05) is 204 Å². The van der Waals surface area contributed by atoms with Gasteiger partial charge in [-0.2, -0.15) is 177 Å². The van der Waals surface area contributed by atoms with Crippen molar-refractivity contribution in [2.24, 2.45) is 28.2 Å². The number of halogens is 14. The van der Waals surface area contributed by atoms with Crippen LogP contribution >= 0.6 is 58.2 Å². The molecule has 0 aliphatic heterocycles. The molecule has 0 unspecified atom stereocenters. The number of alkyl halides is 10. The molecule has 12 rings (SSSR count). The van der Waals surface area contributed by atoms with E-state index < -0.39 is 53.4 Å². The zero-order valence-electron chi connectivity index (χ0n) is 59.8. The maximum atomic E-state index is 13.5. The van der Waals surface area contributed by atoms with Crippen LogP contribution in [0.25, 0.3) is 22.7 Å². The quantitative estimate of drug-likeness (QED) is 0.0367. The van der Waals surface area contributed by atoms with Crippen molar-refractivity contribution in [3.05, 3.63) is 258 Å². The van der Waals surface area contributed by atoms with Crippen molar-refractivity contribution in [3.8, 4) is 57.2 Å². The Bertz CT molecular complexity index is 5330. The van der Waals surface area contributed by atoms with E-state index in [1.165, 1.54) is 107 Å². The molecule has 4 aromatic heterocycles. The average molecular weight is 1970 g/mol. The van der Waals surface area contributed by atoms with Gasteiger partial charge in [0.15, 0.2) is 0 Å². The summed E-state index contributed by atoms with van der Waals surface area (Å²) in [6.07, 6.45) is -7.68. The van der Waals surface area contributed by atoms with Gasteiger partial charge < -0.3 is 28.4 Å². The maximum Gasteiger partial charge on any atom is 0.573 e. The monoisotopic (exact) mass is 1970 g/mol. The van der Waals surface area contributed by atoms with Crippen LogP contribution in [0, 0.1) is 52.0 Å². The van der Waals surface area contributed by atoms with E-state index in [9.17, 15) is 63.1 Å². The number of thioether (sulfide) groups is 1. The minimum absolute atomic E-state index is 0. The third kappa shape index (κ3) is 26.1. The smallest absolute Gasteiger partial charge is 0.513 e. The summed E-state index contributed by atoms with van der Waals surface area (Å²) in [5, 5.41) is 30.4. The number of nitrogens with zero attached hydrogens (tertiary/aromatic N) is 16. The van der Waals surface area contributed by atoms with Gasteiger partial charge >= 0.3 is 41.2 Å². The van der Waals surface area contributed by atoms with Crippen LogP contribution in [-0.4, -0.2) is 97.6 Å². The van der Waals surface area contributed by atoms with Crippen LogP contribution in [-0.2, 0) is 185 Å². The molecule has 0 atom stereocenters. The van der Waals surface area contributed by atoms with Crippen LogP contribution in [0.2, 0.25) is 20.1 Å². The van der Waals surface area contributed by atoms with Crippen molar-refractivity contribution in [2.75, 3.05) is 0 Å². The standard InChI is InChI=1S/C17H13ClF3N4O3.C17H13ClF3N4O2S.C17H14ClF2N4O3.C17H14ClF2N4O2.4Y/c1-10-6-7-12(18)15(8-10)27-9-11-13(25-16(26)24(2)22-23-25)4-3-5-14(11)28-17(19,20)21;1-10-6-7-12(18)14(8-10)27-9-11-13(25-16(26)24(2)22-23-25)4-3-5-15(11)28-17(19,20)21;1-10-6-7-12(18)15(8-10)26-9-11-13(24-17(25)23(2)21-22-24)4-3-5-14(11)27-16(19)20;1-10-6-7-13(18)15(8-10)26-9-12-11(16(19)20)4-3-5-14(12)24-17(25)23(2)21-22-24;;;;/h2*3-5,7-8H,9H2,1-2H3;3-5,7-8,16H,9H2,1-2H3;3-5,7-8,16H,9H2,1-2H3;;;;/q4*-1;;;;. The van der Waals surface area contributed by atoms with E-state index in [0.29, 0.717) is 27.3 Å². The fraction of sp³-hybridized carbons (Fsp3) is 0.235. The number of aryl methyl sites for hydroxylation is 8. The van der Waals surface area contributed by atoms with Crippen LogP contribution in [0.3, 0.4) is 0 Å². The number of ether oxygens (including phenoxy) is 6. The third-order valence-electron chi connectivity index (χ3n) is 14.7. The molecule has 26 nitrogen and oxygen atoms in total. The first-order valence-electron chi connectivity index (χ1n) is 31.0. The van der Waals surface area contributed by atoms with Crippen molar-refractivity contribution in [3.63, 3.8) is 0 Å². The zero-order chi connectivity index (χ0) is 79.3. The van der Waals surface area contributed by atoms with E-state index in [2.05, 4.69) is 75.4 Å². The van der Waals surface area contributed by atoms with Gasteiger partial charge in [-0.1, -0.05) is 58.0 Å². The molecule has 12 aromatic rings. The summed E-state index contributed by atoms with van der Waals surface area (Å²) < 4.78 is 169. The molecule has 0 aliphatic carbocycles. The number of tetrazole rings is 4. The van der Waals surface area contributed by atoms with Gasteiger partial charge in [0.05, 0.1) is 33.9 Å². The summed E-state index contributed by atoms with van der Waals surface area (Å²) in [5.41, 5.74) is -3.09. The van der Waals surface area contributed by atoms with Crippen LogP contribution in [0.15, 0.2) is 145 Å². The van der Waals surface area contributed by atoms with E-state index in [1.54, 1.807) is 57.2 Å². The summed E-state index contributed by atoms with van der Waals surface area (Å²) in [5.74, 6) is 0.550. The molecule has 0 spiro atoms. The van der Waals surface area contributed by atoms with Crippen molar-refractivity contribution >= 4 is 58.2 Å². The first-order chi connectivity index (χ1) is 51.6. The SMILES string of the molecule is Cc1[c-]cc(Cl)c(OCc2c(C(F)F)cccc2-n2nnn(C)c2=O)c1.Cc1[c-]cc(Cl)c(OCc2c(OC(F)(F)F)cccc2-n2nnn(C)c2=O)c1.Cc1[c-]cc(Cl)c(OCc2c(OC(F)F)cccc2-n2nnn(C)c2=O)c1.Cc1[c-]cc(Cl)c(OCc2c(SC(F)(F)F)cccc2-n2nnn(C)c2=O)c1.[Y].[Y].[Y].[Y]. The van der Waals surface area contributed by atoms with Crippen LogP contribution in [0.5, 0.6) is 34.5 Å². The van der Waals surface area contributed by atoms with Crippen molar-refractivity contribution in [2.45, 2.75) is 83.9 Å². The summed E-state index contributed by atoms with van der Waals surface area (Å²) in [4.78, 5) is 48.5. The topological polar surface area (TPSA) is 266 Å². The summed E-state index contributed by atoms with van der Waals surface area (Å²) in [7, 11) is 5.59. The van der Waals surface area contributed by atoms with Gasteiger partial charge in [0.1, 0.15) is 37.9 Å². The number of benzene rings is 8. The number of rotatable bonds is 21. The minimum atomic E-state index is -4.93. The molecule has 0 bridgehead atoms. The Morgan fingerprint density at radius 2 is 0.699 bits per heavy atom. The Kier molecular flexibility index (Phi) is 37.2. The molecule has 0 saturated heterocycles. The van der Waals surface area contributed by atoms with Gasteiger partial charge in [-0.25, -0.2) is 28.0 Å². The van der Waals surface area contributed by atoms with Gasteiger partial charge in [0.2, 0.25) is 0 Å². The largest absolute Gasteiger partial charge is 0.573 e. The van der Waals surface area contributed by atoms with Crippen molar-refractivity contribution in [1.82, 2.24) is 79.2 Å². The van der Waals surface area contributed by atoms with Gasteiger partial charge in [-0.15, -0.1) is 37.4 Å². The van der Waals surface area contributed by atoms with Crippen LogP contribution in [0.1, 0.15) is 56.5 Å². The second-order valence-electron chi connectivity index (χ2n) is 22.5. The van der Waals surface area contributed by atoms with Gasteiger partial charge in [-0.3, -0.25) is 0 Å². The predicted molar refractivity (Wildman–Crippen MR) is 374 cm³/mol. The second kappa shape index (κ2) is 43.5. The first kappa shape index (κ1) is 96.8. The van der Waals surface area contributed by atoms with Crippen molar-refractivity contribution < 1.29 is 203 Å². The van der Waals surface area contributed by atoms with E-state index in [0.717, 1.165) is 65.8 Å². The average Bonchev–Trinajstić information content (AvgIpc) is 1.75. The number of hydrogen-bond donors (Lipinski definition) is 0. The van der Waals surface area contributed by atoms with E-state index >= 15 is 0 Å². The van der Waals surface area contributed by atoms with Gasteiger partial charge in [-0.05, 0) is 116 Å². The normalized spacial score (nSPS) is 10.9. The molecule has 45 heteroatoms. The molecule has 0 saturated carbocycles. The number of aromatic nitrogens is 16. The molecular weight excluding hydrogens is 1920 g/mol. The van der Waals surface area contributed by atoms with Gasteiger partial charge in [0.25, 0.3) is 6.43 Å². The zero-order valence-corrected chi connectivity index (χ0v) is 75.0. The maximum absolute atomic E-state index is 13.5. The van der Waals surface area contributed by atoms with E-state index in [-0.39, 0.29) is 246 Å². The fourth-order valence-corrected chi connectivity index (χ4v) is 11.0. The Balaban J connectivity index is 0.000000266. The molecule has 4 radical (unpaired) electrons. The molecule has 0 amide bonds. The predicted octanol–water partition coefficient (Wildman–Crippen LogP) is 13.3. The number of hydrogen-bond acceptors (Lipinski definition) is 19. The van der Waals surface area contributed by atoms with Crippen LogP contribution < -0.4 is 51.2 Å². The summed E-state index contributed by atoms with van der Waals surface area (Å²) in [6, 6.07) is 40.8. The molecular formula is C68H54Cl4F10N16O10SY4-4. The van der Waals surface area contributed by atoms with E-state index in [1.807, 2.05) is 6.92 Å². The molecule has 0 aliphatic rings. The minimum Gasteiger partial charge on any atom is -0.513 e. The van der Waals surface area contributed by atoms with Crippen molar-refractivity contribution in [1.29, 1.82) is 0 Å². The third-order valence-corrected chi connectivity index (χ3v) is 16.8. The Morgan fingerprint density at radius 3 is 1.01 bits per heavy atom. The molecule has 8 aromatic carbocycles. The molecule has 113 heavy (non-hydrogen) atoms. The Morgan fingerprint density at radius 1 is 0.407 bits per heavy atom. The summed E-state index contributed by atoms with van der Waals surface area (Å²) in [6.45, 7) is 3.06. The molecule has 0 fully saturated rings. The van der Waals surface area contributed by atoms with E-state index in [4.69, 9.17) is 65.4 Å². The first-order valence-corrected chi connectivity index (χ1v) is 33.3. The Labute approximate surface area is 759 Å². The molecule has 0 N–H and O–H groups in total.